The third-order valence-electron chi connectivity index (χ3n) is 4.63. The SMILES string of the molecule is CC(C)(C)c1ccc(C(NC(=O)N2CCNCC2)Oc2cccnc2)cc1. The molecule has 2 amide bonds. The minimum atomic E-state index is -0.578. The Bertz CT molecular complexity index is 735. The van der Waals surface area contributed by atoms with Crippen molar-refractivity contribution in [2.45, 2.75) is 32.4 Å². The topological polar surface area (TPSA) is 66.5 Å². The van der Waals surface area contributed by atoms with Crippen LogP contribution in [-0.2, 0) is 5.41 Å². The normalized spacial score (nSPS) is 15.9. The third-order valence-corrected chi connectivity index (χ3v) is 4.63. The number of pyridine rings is 1. The molecule has 1 aromatic heterocycles. The molecule has 0 aliphatic carbocycles. The van der Waals surface area contributed by atoms with Crippen molar-refractivity contribution in [1.29, 1.82) is 0 Å². The maximum atomic E-state index is 12.7. The van der Waals surface area contributed by atoms with Gasteiger partial charge in [0.2, 0.25) is 0 Å². The first-order valence-electron chi connectivity index (χ1n) is 9.37. The zero-order valence-corrected chi connectivity index (χ0v) is 16.2. The van der Waals surface area contributed by atoms with E-state index in [-0.39, 0.29) is 11.4 Å². The fraction of sp³-hybridized carbons (Fsp3) is 0.429. The second kappa shape index (κ2) is 8.39. The Morgan fingerprint density at radius 1 is 1.19 bits per heavy atom. The van der Waals surface area contributed by atoms with Gasteiger partial charge in [0.1, 0.15) is 5.75 Å². The Morgan fingerprint density at radius 3 is 2.48 bits per heavy atom. The molecule has 6 nitrogen and oxygen atoms in total. The van der Waals surface area contributed by atoms with E-state index in [1.54, 1.807) is 17.3 Å². The summed E-state index contributed by atoms with van der Waals surface area (Å²) in [5, 5.41) is 6.27. The van der Waals surface area contributed by atoms with Crippen molar-refractivity contribution in [2.75, 3.05) is 26.2 Å². The van der Waals surface area contributed by atoms with Crippen LogP contribution in [0, 0.1) is 0 Å². The van der Waals surface area contributed by atoms with Crippen LogP contribution in [0.4, 0.5) is 4.79 Å². The van der Waals surface area contributed by atoms with Crippen molar-refractivity contribution in [3.63, 3.8) is 0 Å². The zero-order valence-electron chi connectivity index (χ0n) is 16.2. The number of rotatable bonds is 4. The Hall–Kier alpha value is -2.60. The van der Waals surface area contributed by atoms with Crippen LogP contribution in [-0.4, -0.2) is 42.1 Å². The number of amides is 2. The van der Waals surface area contributed by atoms with Gasteiger partial charge in [-0.15, -0.1) is 0 Å². The molecule has 2 heterocycles. The van der Waals surface area contributed by atoms with E-state index in [1.165, 1.54) is 5.56 Å². The zero-order chi connectivity index (χ0) is 19.3. The summed E-state index contributed by atoms with van der Waals surface area (Å²) >= 11 is 0. The first-order chi connectivity index (χ1) is 12.9. The van der Waals surface area contributed by atoms with Crippen LogP contribution in [0.1, 0.15) is 38.1 Å². The molecule has 0 bridgehead atoms. The summed E-state index contributed by atoms with van der Waals surface area (Å²) in [6, 6.07) is 11.7. The summed E-state index contributed by atoms with van der Waals surface area (Å²) in [6.45, 7) is 9.53. The molecule has 1 atom stereocenters. The van der Waals surface area contributed by atoms with E-state index in [4.69, 9.17) is 4.74 Å². The number of nitrogens with one attached hydrogen (secondary N) is 2. The van der Waals surface area contributed by atoms with E-state index in [2.05, 4.69) is 48.5 Å². The van der Waals surface area contributed by atoms with Gasteiger partial charge in [-0.2, -0.15) is 0 Å². The largest absolute Gasteiger partial charge is 0.465 e. The molecular formula is C21H28N4O2. The summed E-state index contributed by atoms with van der Waals surface area (Å²) in [5.74, 6) is 0.614. The average molecular weight is 368 g/mol. The standard InChI is InChI=1S/C21H28N4O2/c1-21(2,3)17-8-6-16(7-9-17)19(27-18-5-4-10-23-15-18)24-20(26)25-13-11-22-12-14-25/h4-10,15,19,22H,11-14H2,1-3H3,(H,24,26). The lowest BCUT2D eigenvalue weighted by atomic mass is 9.86. The molecule has 2 aromatic rings. The monoisotopic (exact) mass is 368 g/mol. The number of hydrogen-bond donors (Lipinski definition) is 2. The van der Waals surface area contributed by atoms with E-state index in [1.807, 2.05) is 24.3 Å². The summed E-state index contributed by atoms with van der Waals surface area (Å²) in [5.41, 5.74) is 2.21. The number of carbonyl (C=O) groups is 1. The molecule has 0 radical (unpaired) electrons. The fourth-order valence-corrected chi connectivity index (χ4v) is 2.96. The second-order valence-electron chi connectivity index (χ2n) is 7.75. The van der Waals surface area contributed by atoms with Gasteiger partial charge in [-0.05, 0) is 23.1 Å². The van der Waals surface area contributed by atoms with Crippen LogP contribution in [0.5, 0.6) is 5.75 Å². The molecule has 6 heteroatoms. The van der Waals surface area contributed by atoms with Crippen molar-refractivity contribution in [1.82, 2.24) is 20.5 Å². The molecule has 0 spiro atoms. The van der Waals surface area contributed by atoms with E-state index in [0.29, 0.717) is 18.8 Å². The first kappa shape index (κ1) is 19.2. The Labute approximate surface area is 160 Å². The van der Waals surface area contributed by atoms with Gasteiger partial charge in [0.25, 0.3) is 0 Å². The highest BCUT2D eigenvalue weighted by Crippen LogP contribution is 2.25. The van der Waals surface area contributed by atoms with Crippen LogP contribution >= 0.6 is 0 Å². The number of benzene rings is 1. The lowest BCUT2D eigenvalue weighted by Crippen LogP contribution is -2.51. The van der Waals surface area contributed by atoms with Gasteiger partial charge in [0.05, 0.1) is 6.20 Å². The van der Waals surface area contributed by atoms with Gasteiger partial charge in [-0.3, -0.25) is 10.3 Å². The molecule has 3 rings (SSSR count). The summed E-state index contributed by atoms with van der Waals surface area (Å²) in [6.07, 6.45) is 2.76. The van der Waals surface area contributed by atoms with Crippen LogP contribution < -0.4 is 15.4 Å². The molecule has 1 aliphatic heterocycles. The highest BCUT2D eigenvalue weighted by atomic mass is 16.5. The number of ether oxygens (including phenoxy) is 1. The summed E-state index contributed by atoms with van der Waals surface area (Å²) in [7, 11) is 0. The number of carbonyl (C=O) groups excluding carboxylic acids is 1. The Balaban J connectivity index is 1.79. The van der Waals surface area contributed by atoms with Gasteiger partial charge in [-0.25, -0.2) is 4.79 Å². The van der Waals surface area contributed by atoms with E-state index < -0.39 is 6.23 Å². The van der Waals surface area contributed by atoms with Crippen molar-refractivity contribution in [3.05, 3.63) is 59.9 Å². The first-order valence-corrected chi connectivity index (χ1v) is 9.37. The van der Waals surface area contributed by atoms with Crippen LogP contribution in [0.2, 0.25) is 0 Å². The van der Waals surface area contributed by atoms with Crippen molar-refractivity contribution in [3.8, 4) is 5.75 Å². The summed E-state index contributed by atoms with van der Waals surface area (Å²) < 4.78 is 6.05. The van der Waals surface area contributed by atoms with Gasteiger partial charge in [-0.1, -0.05) is 45.0 Å². The minimum absolute atomic E-state index is 0.0717. The number of aromatic nitrogens is 1. The lowest BCUT2D eigenvalue weighted by molar-refractivity contribution is 0.139. The molecule has 144 valence electrons. The molecule has 1 saturated heterocycles. The minimum Gasteiger partial charge on any atom is -0.465 e. The van der Waals surface area contributed by atoms with Crippen molar-refractivity contribution < 1.29 is 9.53 Å². The average Bonchev–Trinajstić information content (AvgIpc) is 2.68. The molecule has 1 aliphatic rings. The van der Waals surface area contributed by atoms with E-state index >= 15 is 0 Å². The quantitative estimate of drug-likeness (QED) is 0.814. The van der Waals surface area contributed by atoms with Gasteiger partial charge in [0.15, 0.2) is 6.23 Å². The Kier molecular flexibility index (Phi) is 5.96. The number of piperazine rings is 1. The molecule has 0 saturated carbocycles. The summed E-state index contributed by atoms with van der Waals surface area (Å²) in [4.78, 5) is 18.6. The van der Waals surface area contributed by atoms with E-state index in [9.17, 15) is 4.79 Å². The maximum absolute atomic E-state index is 12.7. The molecule has 1 aromatic carbocycles. The van der Waals surface area contributed by atoms with Gasteiger partial charge < -0.3 is 15.0 Å². The molecule has 1 unspecified atom stereocenters. The second-order valence-corrected chi connectivity index (χ2v) is 7.75. The third kappa shape index (κ3) is 5.20. The van der Waals surface area contributed by atoms with E-state index in [0.717, 1.165) is 18.7 Å². The molecule has 1 fully saturated rings. The number of hydrogen-bond acceptors (Lipinski definition) is 4. The fourth-order valence-electron chi connectivity index (χ4n) is 2.96. The predicted molar refractivity (Wildman–Crippen MR) is 106 cm³/mol. The molecule has 27 heavy (non-hydrogen) atoms. The Morgan fingerprint density at radius 2 is 1.89 bits per heavy atom. The van der Waals surface area contributed by atoms with Gasteiger partial charge >= 0.3 is 6.03 Å². The number of urea groups is 1. The van der Waals surface area contributed by atoms with Gasteiger partial charge in [0, 0.05) is 37.9 Å². The number of nitrogens with zero attached hydrogens (tertiary/aromatic N) is 2. The van der Waals surface area contributed by atoms with Crippen molar-refractivity contribution in [2.24, 2.45) is 0 Å². The van der Waals surface area contributed by atoms with Crippen LogP contribution in [0.25, 0.3) is 0 Å². The van der Waals surface area contributed by atoms with Crippen LogP contribution in [0.15, 0.2) is 48.8 Å². The van der Waals surface area contributed by atoms with Crippen LogP contribution in [0.3, 0.4) is 0 Å². The molecular weight excluding hydrogens is 340 g/mol. The predicted octanol–water partition coefficient (Wildman–Crippen LogP) is 3.07. The maximum Gasteiger partial charge on any atom is 0.320 e. The lowest BCUT2D eigenvalue weighted by Gasteiger charge is -2.30. The molecule has 2 N–H and O–H groups in total. The smallest absolute Gasteiger partial charge is 0.320 e. The van der Waals surface area contributed by atoms with Crippen molar-refractivity contribution >= 4 is 6.03 Å². The highest BCUT2D eigenvalue weighted by Gasteiger charge is 2.23. The highest BCUT2D eigenvalue weighted by molar-refractivity contribution is 5.74.